The van der Waals surface area contributed by atoms with Crippen molar-refractivity contribution in [1.82, 2.24) is 0 Å². The van der Waals surface area contributed by atoms with E-state index in [0.717, 1.165) is 6.08 Å². The summed E-state index contributed by atoms with van der Waals surface area (Å²) in [7, 11) is 0. The van der Waals surface area contributed by atoms with Gasteiger partial charge in [0.1, 0.15) is 54.2 Å². The number of benzene rings is 1. The third kappa shape index (κ3) is 5.66. The van der Waals surface area contributed by atoms with Crippen LogP contribution in [0.5, 0.6) is 11.5 Å². The van der Waals surface area contributed by atoms with Gasteiger partial charge in [0.15, 0.2) is 17.8 Å². The smallest absolute Gasteiger partial charge is 0.305 e. The lowest BCUT2D eigenvalue weighted by molar-refractivity contribution is -0.323. The maximum atomic E-state index is 10.7. The number of aliphatic hydroxyl groups is 10. The van der Waals surface area contributed by atoms with Crippen molar-refractivity contribution in [3.8, 4) is 11.5 Å². The van der Waals surface area contributed by atoms with E-state index in [1.165, 1.54) is 37.3 Å². The molecule has 230 valence electrons. The van der Waals surface area contributed by atoms with Crippen LogP contribution >= 0.6 is 0 Å². The third-order valence-electron chi connectivity index (χ3n) is 7.41. The molecule has 15 heteroatoms. The number of hydrogen-bond donors (Lipinski definition) is 10. The van der Waals surface area contributed by atoms with Crippen LogP contribution in [-0.4, -0.2) is 130 Å². The molecule has 15 nitrogen and oxygen atoms in total. The van der Waals surface area contributed by atoms with Crippen LogP contribution in [0, 0.1) is 0 Å². The molecule has 1 aromatic carbocycles. The molecule has 0 amide bonds. The molecule has 0 saturated carbocycles. The Kier molecular flexibility index (Phi) is 8.39. The summed E-state index contributed by atoms with van der Waals surface area (Å²) in [5, 5.41) is 102. The number of phenols is 2. The van der Waals surface area contributed by atoms with E-state index in [2.05, 4.69) is 4.74 Å². The molecule has 5 rings (SSSR count). The zero-order chi connectivity index (χ0) is 30.5. The largest absolute Gasteiger partial charge is 0.571 e. The van der Waals surface area contributed by atoms with Crippen molar-refractivity contribution in [2.45, 2.75) is 74.4 Å². The van der Waals surface area contributed by atoms with Crippen LogP contribution in [0.3, 0.4) is 0 Å². The quantitative estimate of drug-likeness (QED) is 0.128. The fourth-order valence-electron chi connectivity index (χ4n) is 4.95. The van der Waals surface area contributed by atoms with Gasteiger partial charge >= 0.3 is 5.76 Å². The normalized spacial score (nSPS) is 38.5. The minimum absolute atomic E-state index is 0.0577. The highest BCUT2D eigenvalue weighted by Crippen LogP contribution is 2.38. The van der Waals surface area contributed by atoms with Crippen molar-refractivity contribution in [2.24, 2.45) is 0 Å². The fraction of sp³-hybridized carbons (Fsp3) is 0.481. The van der Waals surface area contributed by atoms with E-state index in [0.29, 0.717) is 0 Å². The van der Waals surface area contributed by atoms with Gasteiger partial charge in [-0.2, -0.15) is 0 Å². The summed E-state index contributed by atoms with van der Waals surface area (Å²) in [6.45, 7) is 0.941. The van der Waals surface area contributed by atoms with Crippen LogP contribution in [-0.2, 0) is 18.9 Å². The lowest BCUT2D eigenvalue weighted by Gasteiger charge is -2.42. The zero-order valence-corrected chi connectivity index (χ0v) is 22.1. The first-order valence-corrected chi connectivity index (χ1v) is 13.0. The van der Waals surface area contributed by atoms with Crippen molar-refractivity contribution < 1.29 is 74.7 Å². The van der Waals surface area contributed by atoms with Crippen LogP contribution in [0.15, 0.2) is 59.3 Å². The summed E-state index contributed by atoms with van der Waals surface area (Å²) in [5.74, 6) is -1.49. The first-order valence-electron chi connectivity index (χ1n) is 13.0. The lowest BCUT2D eigenvalue weighted by Crippen LogP contribution is -2.61. The molecule has 3 heterocycles. The number of ether oxygens (including phenoxy) is 5. The van der Waals surface area contributed by atoms with Gasteiger partial charge in [-0.15, -0.1) is 0 Å². The molecule has 4 aliphatic rings. The van der Waals surface area contributed by atoms with Gasteiger partial charge in [-0.3, -0.25) is 0 Å². The molecule has 3 aliphatic heterocycles. The summed E-state index contributed by atoms with van der Waals surface area (Å²) >= 11 is 0. The van der Waals surface area contributed by atoms with Gasteiger partial charge in [0, 0.05) is 18.2 Å². The number of rotatable bonds is 6. The Balaban J connectivity index is 1.40. The number of allylic oxidation sites excluding steroid dienone is 2. The molecule has 0 radical (unpaired) electrons. The summed E-state index contributed by atoms with van der Waals surface area (Å²) in [5.41, 5.74) is 0.445. The van der Waals surface area contributed by atoms with Crippen molar-refractivity contribution >= 4 is 5.76 Å². The molecular weight excluding hydrogens is 564 g/mol. The van der Waals surface area contributed by atoms with Crippen LogP contribution in [0.1, 0.15) is 12.5 Å². The van der Waals surface area contributed by atoms with E-state index < -0.39 is 85.6 Å². The summed E-state index contributed by atoms with van der Waals surface area (Å²) in [6, 6.07) is 3.80. The maximum Gasteiger partial charge on any atom is 0.305 e. The topological polar surface area (TPSA) is 252 Å². The average Bonchev–Trinajstić information content (AvgIpc) is 2.95. The van der Waals surface area contributed by atoms with E-state index in [4.69, 9.17) is 18.9 Å². The van der Waals surface area contributed by atoms with E-state index in [1.807, 2.05) is 0 Å². The van der Waals surface area contributed by atoms with Crippen molar-refractivity contribution in [3.05, 3.63) is 64.8 Å². The van der Waals surface area contributed by atoms with Crippen LogP contribution in [0.2, 0.25) is 0 Å². The first kappa shape index (κ1) is 30.1. The highest BCUT2D eigenvalue weighted by Gasteiger charge is 2.48. The minimum atomic E-state index is -1.80. The first-order chi connectivity index (χ1) is 19.8. The van der Waals surface area contributed by atoms with Crippen molar-refractivity contribution in [3.63, 3.8) is 0 Å². The Morgan fingerprint density at radius 1 is 0.786 bits per heavy atom. The second-order valence-corrected chi connectivity index (χ2v) is 10.4. The molecule has 0 spiro atoms. The maximum absolute atomic E-state index is 10.7. The zero-order valence-electron chi connectivity index (χ0n) is 22.1. The highest BCUT2D eigenvalue weighted by molar-refractivity contribution is 5.69. The molecule has 11 atom stereocenters. The monoisotopic (exact) mass is 597 g/mol. The fourth-order valence-corrected chi connectivity index (χ4v) is 4.95. The highest BCUT2D eigenvalue weighted by atomic mass is 16.7. The van der Waals surface area contributed by atoms with Crippen LogP contribution < -0.4 is 0 Å². The molecule has 11 unspecified atom stereocenters. The Labute approximate surface area is 238 Å². The second kappa shape index (κ2) is 11.7. The minimum Gasteiger partial charge on any atom is -0.571 e. The molecule has 1 aliphatic carbocycles. The van der Waals surface area contributed by atoms with Crippen LogP contribution in [0.25, 0.3) is 5.76 Å². The Bertz CT molecular complexity index is 1300. The second-order valence-electron chi connectivity index (χ2n) is 10.4. The summed E-state index contributed by atoms with van der Waals surface area (Å²) in [4.78, 5) is 0. The number of hydrogen-bond acceptors (Lipinski definition) is 14. The molecule has 2 fully saturated rings. The average molecular weight is 598 g/mol. The van der Waals surface area contributed by atoms with Gasteiger partial charge in [0.2, 0.25) is 18.2 Å². The molecule has 1 aromatic rings. The standard InChI is InChI=1S/C27H32O15/c1-9-19(32)21(34)23(36)26(39-9)38-8-18-20(33)22(35)24(37)27(42-18)41-17-7-12-14(30)5-11(28)6-16(12)40-25(17)10-2-3-13(29)15(31)4-10/h2-7,9,16,18-24,26-37H,8H2,1H3/p+1. The Hall–Kier alpha value is -3.38. The molecule has 0 bridgehead atoms. The molecular formula is C27H33O15+. The Morgan fingerprint density at radius 2 is 1.48 bits per heavy atom. The van der Waals surface area contributed by atoms with Gasteiger partial charge in [-0.05, 0) is 19.1 Å². The molecule has 11 N–H and O–H groups in total. The van der Waals surface area contributed by atoms with E-state index in [1.54, 1.807) is 0 Å². The van der Waals surface area contributed by atoms with E-state index >= 15 is 0 Å². The number of phenolic OH excluding ortho intramolecular Hbond substituents is 2. The summed E-state index contributed by atoms with van der Waals surface area (Å²) < 4.78 is 27.0. The third-order valence-corrected chi connectivity index (χ3v) is 7.41. The molecule has 0 aromatic heterocycles. The van der Waals surface area contributed by atoms with Gasteiger partial charge < -0.3 is 74.7 Å². The lowest BCUT2D eigenvalue weighted by atomic mass is 9.96. The van der Waals surface area contributed by atoms with Crippen molar-refractivity contribution in [1.29, 1.82) is 0 Å². The predicted molar refractivity (Wildman–Crippen MR) is 138 cm³/mol. The summed E-state index contributed by atoms with van der Waals surface area (Å²) in [6.07, 6.45) is -12.3. The number of aliphatic hydroxyl groups excluding tert-OH is 8. The number of fused-ring (bicyclic) bond motifs is 1. The van der Waals surface area contributed by atoms with Gasteiger partial charge in [-0.1, -0.05) is 0 Å². The number of aromatic hydroxyl groups is 2. The molecule has 42 heavy (non-hydrogen) atoms. The van der Waals surface area contributed by atoms with Crippen LogP contribution in [0.4, 0.5) is 0 Å². The molecule has 2 saturated heterocycles. The SMILES string of the molecule is CC1OC(OCC2OC(OC3=C(c4ccc(O)c(O)c4)[OH+]C4C=C(O)C=C(O)C4=C3)C(O)C(O)C2O)C(O)C(O)C1O. The van der Waals surface area contributed by atoms with Crippen molar-refractivity contribution in [2.75, 3.05) is 6.61 Å². The Morgan fingerprint density at radius 3 is 2.19 bits per heavy atom. The van der Waals surface area contributed by atoms with Gasteiger partial charge in [-0.25, -0.2) is 0 Å². The predicted octanol–water partition coefficient (Wildman–Crippen LogP) is -1.83. The van der Waals surface area contributed by atoms with Gasteiger partial charge in [0.05, 0.1) is 29.9 Å². The van der Waals surface area contributed by atoms with E-state index in [-0.39, 0.29) is 34.2 Å². The van der Waals surface area contributed by atoms with E-state index in [9.17, 15) is 51.1 Å². The van der Waals surface area contributed by atoms with Gasteiger partial charge in [0.25, 0.3) is 0 Å².